The van der Waals surface area contributed by atoms with E-state index in [1.54, 1.807) is 12.1 Å². The standard InChI is InChI=1S/C21H21Cl2N3O3S2/c1-13-10-16(23)11-18-19(13)25(2)21(30-18)24-20(27)14-4-3-9-26(12-14)31(28,29)17-7-5-15(22)6-8-17/h5-8,10-11,14H,3-4,9,12H2,1-2H3. The molecule has 4 rings (SSSR count). The lowest BCUT2D eigenvalue weighted by Gasteiger charge is -2.30. The Morgan fingerprint density at radius 3 is 2.58 bits per heavy atom. The predicted molar refractivity (Wildman–Crippen MR) is 124 cm³/mol. The molecule has 31 heavy (non-hydrogen) atoms. The number of thiazole rings is 1. The number of rotatable bonds is 3. The minimum absolute atomic E-state index is 0.118. The Morgan fingerprint density at radius 1 is 1.16 bits per heavy atom. The second kappa shape index (κ2) is 8.67. The van der Waals surface area contributed by atoms with Gasteiger partial charge in [0, 0.05) is 30.2 Å². The van der Waals surface area contributed by atoms with Gasteiger partial charge in [-0.15, -0.1) is 0 Å². The maximum atomic E-state index is 13.0. The Kier molecular flexibility index (Phi) is 6.29. The van der Waals surface area contributed by atoms with Crippen molar-refractivity contribution in [2.45, 2.75) is 24.7 Å². The Hall–Kier alpha value is -1.71. The van der Waals surface area contributed by atoms with E-state index >= 15 is 0 Å². The lowest BCUT2D eigenvalue weighted by Crippen LogP contribution is -2.42. The molecular formula is C21H21Cl2N3O3S2. The molecule has 1 aliphatic heterocycles. The van der Waals surface area contributed by atoms with Crippen LogP contribution in [0.2, 0.25) is 10.0 Å². The highest BCUT2D eigenvalue weighted by atomic mass is 35.5. The highest BCUT2D eigenvalue weighted by Crippen LogP contribution is 2.27. The van der Waals surface area contributed by atoms with Crippen molar-refractivity contribution in [1.29, 1.82) is 0 Å². The molecule has 10 heteroatoms. The normalized spacial score (nSPS) is 18.6. The van der Waals surface area contributed by atoms with Crippen LogP contribution in [0.5, 0.6) is 0 Å². The van der Waals surface area contributed by atoms with Gasteiger partial charge >= 0.3 is 0 Å². The maximum absolute atomic E-state index is 13.0. The van der Waals surface area contributed by atoms with Gasteiger partial charge in [-0.25, -0.2) is 8.42 Å². The van der Waals surface area contributed by atoms with Crippen LogP contribution in [0.15, 0.2) is 46.3 Å². The van der Waals surface area contributed by atoms with Crippen molar-refractivity contribution < 1.29 is 13.2 Å². The quantitative estimate of drug-likeness (QED) is 0.538. The van der Waals surface area contributed by atoms with Crippen molar-refractivity contribution in [2.24, 2.45) is 18.0 Å². The minimum Gasteiger partial charge on any atom is -0.319 e. The van der Waals surface area contributed by atoms with Crippen LogP contribution in [-0.4, -0.2) is 36.3 Å². The summed E-state index contributed by atoms with van der Waals surface area (Å²) in [5, 5.41) is 1.11. The number of hydrogen-bond donors (Lipinski definition) is 0. The number of amides is 1. The van der Waals surface area contributed by atoms with Crippen molar-refractivity contribution in [3.05, 3.63) is 56.8 Å². The zero-order chi connectivity index (χ0) is 22.3. The summed E-state index contributed by atoms with van der Waals surface area (Å²) < 4.78 is 30.2. The third kappa shape index (κ3) is 4.45. The summed E-state index contributed by atoms with van der Waals surface area (Å²) in [6.07, 6.45) is 1.21. The van der Waals surface area contributed by atoms with Gasteiger partial charge < -0.3 is 4.57 Å². The van der Waals surface area contributed by atoms with Crippen LogP contribution in [-0.2, 0) is 21.9 Å². The van der Waals surface area contributed by atoms with Crippen LogP contribution < -0.4 is 4.80 Å². The topological polar surface area (TPSA) is 71.7 Å². The van der Waals surface area contributed by atoms with Gasteiger partial charge in [0.25, 0.3) is 5.91 Å². The Morgan fingerprint density at radius 2 is 1.87 bits per heavy atom. The Labute approximate surface area is 194 Å². The Balaban J connectivity index is 1.61. The van der Waals surface area contributed by atoms with Gasteiger partial charge in [0.2, 0.25) is 10.0 Å². The average molecular weight is 498 g/mol. The fraction of sp³-hybridized carbons (Fsp3) is 0.333. The molecule has 1 aliphatic rings. The van der Waals surface area contributed by atoms with E-state index in [4.69, 9.17) is 23.2 Å². The van der Waals surface area contributed by atoms with E-state index in [-0.39, 0.29) is 17.3 Å². The Bertz CT molecular complexity index is 1330. The summed E-state index contributed by atoms with van der Waals surface area (Å²) in [6.45, 7) is 2.46. The van der Waals surface area contributed by atoms with E-state index in [9.17, 15) is 13.2 Å². The fourth-order valence-electron chi connectivity index (χ4n) is 3.88. The lowest BCUT2D eigenvalue weighted by atomic mass is 9.99. The van der Waals surface area contributed by atoms with E-state index < -0.39 is 15.9 Å². The van der Waals surface area contributed by atoms with Gasteiger partial charge in [-0.05, 0) is 61.7 Å². The first kappa shape index (κ1) is 22.5. The molecule has 0 saturated carbocycles. The summed E-state index contributed by atoms with van der Waals surface area (Å²) in [6, 6.07) is 9.80. The van der Waals surface area contributed by atoms with Crippen LogP contribution >= 0.6 is 34.5 Å². The van der Waals surface area contributed by atoms with Gasteiger partial charge in [-0.2, -0.15) is 9.30 Å². The molecule has 0 N–H and O–H groups in total. The number of carbonyl (C=O) groups is 1. The molecule has 3 aromatic rings. The molecule has 0 radical (unpaired) electrons. The number of sulfonamides is 1. The first-order valence-corrected chi connectivity index (χ1v) is 12.8. The van der Waals surface area contributed by atoms with E-state index in [1.165, 1.54) is 27.8 Å². The lowest BCUT2D eigenvalue weighted by molar-refractivity contribution is -0.122. The summed E-state index contributed by atoms with van der Waals surface area (Å²) in [5.74, 6) is -0.785. The molecule has 0 aliphatic carbocycles. The highest BCUT2D eigenvalue weighted by molar-refractivity contribution is 7.89. The van der Waals surface area contributed by atoms with E-state index in [2.05, 4.69) is 4.99 Å². The van der Waals surface area contributed by atoms with Crippen LogP contribution in [0, 0.1) is 12.8 Å². The molecular weight excluding hydrogens is 477 g/mol. The van der Waals surface area contributed by atoms with Crippen molar-refractivity contribution in [1.82, 2.24) is 8.87 Å². The number of aryl methyl sites for hydroxylation is 2. The van der Waals surface area contributed by atoms with Crippen molar-refractivity contribution in [3.8, 4) is 0 Å². The summed E-state index contributed by atoms with van der Waals surface area (Å²) in [7, 11) is -1.83. The number of hydrogen-bond acceptors (Lipinski definition) is 4. The molecule has 1 amide bonds. The summed E-state index contributed by atoms with van der Waals surface area (Å²) in [5.41, 5.74) is 1.99. The maximum Gasteiger partial charge on any atom is 0.252 e. The number of fused-ring (bicyclic) bond motifs is 1. The monoisotopic (exact) mass is 497 g/mol. The zero-order valence-corrected chi connectivity index (χ0v) is 20.2. The number of nitrogens with zero attached hydrogens (tertiary/aromatic N) is 3. The van der Waals surface area contributed by atoms with E-state index in [1.807, 2.05) is 30.7 Å². The minimum atomic E-state index is -3.69. The first-order valence-electron chi connectivity index (χ1n) is 9.77. The number of benzene rings is 2. The van der Waals surface area contributed by atoms with Gasteiger partial charge in [0.15, 0.2) is 4.80 Å². The molecule has 1 aromatic heterocycles. The van der Waals surface area contributed by atoms with Gasteiger partial charge in [0.1, 0.15) is 0 Å². The largest absolute Gasteiger partial charge is 0.319 e. The molecule has 164 valence electrons. The molecule has 1 atom stereocenters. The van der Waals surface area contributed by atoms with E-state index in [0.29, 0.717) is 34.2 Å². The molecule has 0 bridgehead atoms. The van der Waals surface area contributed by atoms with Gasteiger partial charge in [-0.3, -0.25) is 4.79 Å². The fourth-order valence-corrected chi connectivity index (χ4v) is 7.00. The van der Waals surface area contributed by atoms with Gasteiger partial charge in [0.05, 0.1) is 21.0 Å². The zero-order valence-electron chi connectivity index (χ0n) is 17.0. The van der Waals surface area contributed by atoms with Crippen LogP contribution in [0.3, 0.4) is 0 Å². The molecule has 2 heterocycles. The van der Waals surface area contributed by atoms with E-state index in [0.717, 1.165) is 15.8 Å². The number of halogens is 2. The smallest absolute Gasteiger partial charge is 0.252 e. The number of piperidine rings is 1. The molecule has 2 aromatic carbocycles. The third-order valence-corrected chi connectivity index (χ3v) is 8.87. The van der Waals surface area contributed by atoms with Gasteiger partial charge in [-0.1, -0.05) is 34.5 Å². The molecule has 6 nitrogen and oxygen atoms in total. The molecule has 0 spiro atoms. The third-order valence-electron chi connectivity index (χ3n) is 5.44. The van der Waals surface area contributed by atoms with Crippen molar-refractivity contribution in [2.75, 3.05) is 13.1 Å². The predicted octanol–water partition coefficient (Wildman–Crippen LogP) is 4.38. The van der Waals surface area contributed by atoms with Crippen LogP contribution in [0.4, 0.5) is 0 Å². The SMILES string of the molecule is Cc1cc(Cl)cc2sc(=NC(=O)C3CCCN(S(=O)(=O)c4ccc(Cl)cc4)C3)n(C)c12. The first-order chi connectivity index (χ1) is 14.7. The van der Waals surface area contributed by atoms with Crippen molar-refractivity contribution in [3.63, 3.8) is 0 Å². The molecule has 1 unspecified atom stereocenters. The highest BCUT2D eigenvalue weighted by Gasteiger charge is 2.33. The second-order valence-electron chi connectivity index (χ2n) is 7.62. The molecule has 1 saturated heterocycles. The number of aromatic nitrogens is 1. The summed E-state index contributed by atoms with van der Waals surface area (Å²) in [4.78, 5) is 18.1. The molecule has 1 fully saturated rings. The van der Waals surface area contributed by atoms with Crippen LogP contribution in [0.25, 0.3) is 10.2 Å². The second-order valence-corrected chi connectivity index (χ2v) is 11.4. The van der Waals surface area contributed by atoms with Crippen LogP contribution in [0.1, 0.15) is 18.4 Å². The van der Waals surface area contributed by atoms with Crippen molar-refractivity contribution >= 4 is 60.7 Å². The average Bonchev–Trinajstić information content (AvgIpc) is 3.03. The number of carbonyl (C=O) groups excluding carboxylic acids is 1. The summed E-state index contributed by atoms with van der Waals surface area (Å²) >= 11 is 13.4.